The van der Waals surface area contributed by atoms with E-state index in [4.69, 9.17) is 4.98 Å². The predicted octanol–water partition coefficient (Wildman–Crippen LogP) is 3.65. The lowest BCUT2D eigenvalue weighted by Crippen LogP contribution is -2.14. The van der Waals surface area contributed by atoms with Crippen molar-refractivity contribution < 1.29 is 4.79 Å². The summed E-state index contributed by atoms with van der Waals surface area (Å²) < 4.78 is 3.57. The fourth-order valence-electron chi connectivity index (χ4n) is 3.70. The van der Waals surface area contributed by atoms with Crippen LogP contribution in [0.25, 0.3) is 11.0 Å². The molecule has 7 nitrogen and oxygen atoms in total. The quantitative estimate of drug-likeness (QED) is 0.568. The van der Waals surface area contributed by atoms with Gasteiger partial charge < -0.3 is 5.32 Å². The minimum Gasteiger partial charge on any atom is -0.305 e. The molecule has 5 rings (SSSR count). The van der Waals surface area contributed by atoms with Gasteiger partial charge in [-0.25, -0.2) is 4.98 Å². The Balaban J connectivity index is 1.43. The summed E-state index contributed by atoms with van der Waals surface area (Å²) in [5, 5.41) is 12.7. The Bertz CT molecular complexity index is 1200. The summed E-state index contributed by atoms with van der Waals surface area (Å²) in [6, 6.07) is 13.8. The molecule has 0 saturated heterocycles. The van der Waals surface area contributed by atoms with Gasteiger partial charge in [0.2, 0.25) is 0 Å². The number of nitrogens with one attached hydrogen (secondary N) is 1. The van der Waals surface area contributed by atoms with E-state index in [0.717, 1.165) is 40.8 Å². The highest BCUT2D eigenvalue weighted by Gasteiger charge is 2.28. The average molecular weight is 386 g/mol. The lowest BCUT2D eigenvalue weighted by molar-refractivity contribution is 0.102. The Labute approximate surface area is 168 Å². The standard InChI is InChI=1S/C22H22N6O/c1-14-20-17(12-18(16-8-9-16)23-21(20)27(2)25-14)22(29)24-19-10-11-28(26-19)13-15-6-4-3-5-7-15/h3-7,10-12,16H,8-9,13H2,1-2H3,(H,24,26,29). The van der Waals surface area contributed by atoms with Crippen LogP contribution in [-0.2, 0) is 13.6 Å². The smallest absolute Gasteiger partial charge is 0.257 e. The first-order chi connectivity index (χ1) is 14.1. The van der Waals surface area contributed by atoms with Gasteiger partial charge >= 0.3 is 0 Å². The van der Waals surface area contributed by atoms with E-state index in [1.165, 1.54) is 0 Å². The van der Waals surface area contributed by atoms with Crippen LogP contribution in [0.3, 0.4) is 0 Å². The molecule has 146 valence electrons. The third-order valence-electron chi connectivity index (χ3n) is 5.30. The number of amides is 1. The summed E-state index contributed by atoms with van der Waals surface area (Å²) in [5.74, 6) is 0.803. The van der Waals surface area contributed by atoms with Gasteiger partial charge in [0.05, 0.1) is 23.2 Å². The molecular weight excluding hydrogens is 364 g/mol. The monoisotopic (exact) mass is 386 g/mol. The Morgan fingerprint density at radius 1 is 1.17 bits per heavy atom. The fraction of sp³-hybridized carbons (Fsp3) is 0.273. The molecule has 1 amide bonds. The molecule has 29 heavy (non-hydrogen) atoms. The summed E-state index contributed by atoms with van der Waals surface area (Å²) in [6.45, 7) is 2.57. The van der Waals surface area contributed by atoms with E-state index >= 15 is 0 Å². The van der Waals surface area contributed by atoms with Crippen LogP contribution in [0.4, 0.5) is 5.82 Å². The van der Waals surface area contributed by atoms with Gasteiger partial charge in [-0.2, -0.15) is 10.2 Å². The molecule has 1 aliphatic carbocycles. The molecule has 3 aromatic heterocycles. The Morgan fingerprint density at radius 2 is 1.97 bits per heavy atom. The van der Waals surface area contributed by atoms with Crippen molar-refractivity contribution in [1.82, 2.24) is 24.5 Å². The first-order valence-electron chi connectivity index (χ1n) is 9.81. The molecule has 1 fully saturated rings. The first-order valence-corrected chi connectivity index (χ1v) is 9.81. The maximum absolute atomic E-state index is 13.1. The van der Waals surface area contributed by atoms with E-state index in [1.807, 2.05) is 55.2 Å². The number of pyridine rings is 1. The first kappa shape index (κ1) is 17.6. The van der Waals surface area contributed by atoms with Gasteiger partial charge in [-0.3, -0.25) is 14.2 Å². The average Bonchev–Trinajstić information content (AvgIpc) is 3.42. The predicted molar refractivity (Wildman–Crippen MR) is 111 cm³/mol. The second-order valence-electron chi connectivity index (χ2n) is 7.61. The number of aromatic nitrogens is 5. The molecule has 1 N–H and O–H groups in total. The Morgan fingerprint density at radius 3 is 2.72 bits per heavy atom. The number of hydrogen-bond acceptors (Lipinski definition) is 4. The molecule has 7 heteroatoms. The van der Waals surface area contributed by atoms with Crippen molar-refractivity contribution in [2.45, 2.75) is 32.2 Å². The summed E-state index contributed by atoms with van der Waals surface area (Å²) in [6.07, 6.45) is 4.12. The molecular formula is C22H22N6O. The third-order valence-corrected chi connectivity index (χ3v) is 5.30. The van der Waals surface area contributed by atoms with Gasteiger partial charge in [-0.05, 0) is 31.4 Å². The van der Waals surface area contributed by atoms with Crippen LogP contribution in [0.2, 0.25) is 0 Å². The number of aryl methyl sites for hydroxylation is 2. The number of carbonyl (C=O) groups is 1. The number of benzene rings is 1. The van der Waals surface area contributed by atoms with Crippen LogP contribution in [0, 0.1) is 6.92 Å². The SMILES string of the molecule is Cc1nn(C)c2nc(C3CC3)cc(C(=O)Nc3ccn(Cc4ccccc4)n3)c12. The summed E-state index contributed by atoms with van der Waals surface area (Å²) in [4.78, 5) is 17.9. The fourth-order valence-corrected chi connectivity index (χ4v) is 3.70. The molecule has 0 spiro atoms. The van der Waals surface area contributed by atoms with Crippen molar-refractivity contribution in [2.24, 2.45) is 7.05 Å². The van der Waals surface area contributed by atoms with Crippen molar-refractivity contribution >= 4 is 22.8 Å². The molecule has 1 aromatic carbocycles. The minimum absolute atomic E-state index is 0.180. The van der Waals surface area contributed by atoms with E-state index < -0.39 is 0 Å². The second kappa shape index (κ2) is 6.84. The highest BCUT2D eigenvalue weighted by molar-refractivity contribution is 6.12. The molecule has 3 heterocycles. The van der Waals surface area contributed by atoms with Gasteiger partial charge in [0.25, 0.3) is 5.91 Å². The van der Waals surface area contributed by atoms with E-state index in [2.05, 4.69) is 27.6 Å². The molecule has 4 aromatic rings. The van der Waals surface area contributed by atoms with Crippen LogP contribution >= 0.6 is 0 Å². The molecule has 1 saturated carbocycles. The van der Waals surface area contributed by atoms with Gasteiger partial charge in [-0.15, -0.1) is 0 Å². The highest BCUT2D eigenvalue weighted by atomic mass is 16.1. The van der Waals surface area contributed by atoms with Crippen LogP contribution in [0.1, 0.15) is 46.1 Å². The minimum atomic E-state index is -0.180. The molecule has 0 aliphatic heterocycles. The maximum atomic E-state index is 13.1. The van der Waals surface area contributed by atoms with E-state index in [9.17, 15) is 4.79 Å². The van der Waals surface area contributed by atoms with E-state index in [1.54, 1.807) is 4.68 Å². The molecule has 0 unspecified atom stereocenters. The number of rotatable bonds is 5. The number of nitrogens with zero attached hydrogens (tertiary/aromatic N) is 5. The Hall–Kier alpha value is -3.48. The molecule has 1 aliphatic rings. The lowest BCUT2D eigenvalue weighted by Gasteiger charge is -2.07. The number of hydrogen-bond donors (Lipinski definition) is 1. The zero-order valence-corrected chi connectivity index (χ0v) is 16.5. The van der Waals surface area contributed by atoms with Crippen molar-refractivity contribution in [3.8, 4) is 0 Å². The number of anilines is 1. The molecule has 0 bridgehead atoms. The summed E-state index contributed by atoms with van der Waals surface area (Å²) >= 11 is 0. The Kier molecular flexibility index (Phi) is 4.16. The molecule has 0 radical (unpaired) electrons. The van der Waals surface area contributed by atoms with Crippen molar-refractivity contribution in [1.29, 1.82) is 0 Å². The van der Waals surface area contributed by atoms with Crippen LogP contribution in [-0.4, -0.2) is 30.5 Å². The van der Waals surface area contributed by atoms with Gasteiger partial charge in [0.15, 0.2) is 11.5 Å². The molecule has 0 atom stereocenters. The van der Waals surface area contributed by atoms with Crippen molar-refractivity contribution in [2.75, 3.05) is 5.32 Å². The van der Waals surface area contributed by atoms with Gasteiger partial charge in [0.1, 0.15) is 0 Å². The second-order valence-corrected chi connectivity index (χ2v) is 7.61. The van der Waals surface area contributed by atoms with Crippen molar-refractivity contribution in [3.05, 3.63) is 71.2 Å². The zero-order chi connectivity index (χ0) is 20.0. The maximum Gasteiger partial charge on any atom is 0.257 e. The highest BCUT2D eigenvalue weighted by Crippen LogP contribution is 2.40. The summed E-state index contributed by atoms with van der Waals surface area (Å²) in [7, 11) is 1.87. The lowest BCUT2D eigenvalue weighted by atomic mass is 10.1. The van der Waals surface area contributed by atoms with E-state index in [0.29, 0.717) is 23.8 Å². The largest absolute Gasteiger partial charge is 0.305 e. The van der Waals surface area contributed by atoms with Crippen LogP contribution in [0.15, 0.2) is 48.7 Å². The summed E-state index contributed by atoms with van der Waals surface area (Å²) in [5.41, 5.74) is 4.30. The number of fused-ring (bicyclic) bond motifs is 1. The van der Waals surface area contributed by atoms with Gasteiger partial charge in [-0.1, -0.05) is 30.3 Å². The van der Waals surface area contributed by atoms with Crippen LogP contribution in [0.5, 0.6) is 0 Å². The third kappa shape index (κ3) is 3.40. The normalized spacial score (nSPS) is 13.7. The zero-order valence-electron chi connectivity index (χ0n) is 16.5. The van der Waals surface area contributed by atoms with Crippen LogP contribution < -0.4 is 5.32 Å². The topological polar surface area (TPSA) is 77.6 Å². The number of carbonyl (C=O) groups excluding carboxylic acids is 1. The van der Waals surface area contributed by atoms with E-state index in [-0.39, 0.29) is 5.91 Å². The van der Waals surface area contributed by atoms with Crippen molar-refractivity contribution in [3.63, 3.8) is 0 Å². The van der Waals surface area contributed by atoms with Gasteiger partial charge in [0, 0.05) is 30.9 Å².